The molecule has 1 N–H and O–H groups in total. The highest BCUT2D eigenvalue weighted by Gasteiger charge is 2.19. The number of hydrogen-bond acceptors (Lipinski definition) is 2. The normalized spacial score (nSPS) is 12.0. The summed E-state index contributed by atoms with van der Waals surface area (Å²) >= 11 is 0. The molecular formula is C10H18N2O. The highest BCUT2D eigenvalue weighted by Crippen LogP contribution is 2.24. The molecular weight excluding hydrogens is 164 g/mol. The van der Waals surface area contributed by atoms with Crippen molar-refractivity contribution in [2.45, 2.75) is 32.6 Å². The van der Waals surface area contributed by atoms with Gasteiger partial charge in [-0.2, -0.15) is 5.10 Å². The topological polar surface area (TPSA) is 37.9 Å². The lowest BCUT2D eigenvalue weighted by atomic mass is 9.87. The number of nitrogens with zero attached hydrogens (tertiary/aromatic N) is 1. The summed E-state index contributed by atoms with van der Waals surface area (Å²) in [6.45, 7) is 7.31. The molecule has 1 heterocycles. The Labute approximate surface area is 79.5 Å². The molecule has 3 heteroatoms. The first kappa shape index (κ1) is 10.3. The second-order valence-electron chi connectivity index (χ2n) is 4.26. The van der Waals surface area contributed by atoms with Crippen LogP contribution in [0.15, 0.2) is 6.20 Å². The fourth-order valence-corrected chi connectivity index (χ4v) is 1.35. The van der Waals surface area contributed by atoms with Crippen LogP contribution in [0.4, 0.5) is 0 Å². The second kappa shape index (κ2) is 3.92. The van der Waals surface area contributed by atoms with Crippen molar-refractivity contribution in [2.75, 3.05) is 13.7 Å². The summed E-state index contributed by atoms with van der Waals surface area (Å²) in [5.74, 6) is 0. The first-order valence-electron chi connectivity index (χ1n) is 4.57. The lowest BCUT2D eigenvalue weighted by Crippen LogP contribution is -2.13. The van der Waals surface area contributed by atoms with Gasteiger partial charge in [0.15, 0.2) is 0 Å². The van der Waals surface area contributed by atoms with E-state index in [2.05, 4.69) is 31.0 Å². The minimum atomic E-state index is 0.163. The molecule has 74 valence electrons. The Morgan fingerprint density at radius 2 is 2.15 bits per heavy atom. The molecule has 1 aromatic rings. The first-order valence-corrected chi connectivity index (χ1v) is 4.57. The number of aromatic nitrogens is 2. The van der Waals surface area contributed by atoms with Gasteiger partial charge in [0.25, 0.3) is 0 Å². The van der Waals surface area contributed by atoms with Crippen LogP contribution in [0.2, 0.25) is 0 Å². The zero-order chi connectivity index (χ0) is 9.90. The highest BCUT2D eigenvalue weighted by molar-refractivity contribution is 5.24. The molecule has 0 aliphatic heterocycles. The third-order valence-electron chi connectivity index (χ3n) is 2.08. The van der Waals surface area contributed by atoms with Crippen LogP contribution in [-0.4, -0.2) is 23.9 Å². The largest absolute Gasteiger partial charge is 0.384 e. The summed E-state index contributed by atoms with van der Waals surface area (Å²) in [5.41, 5.74) is 2.63. The van der Waals surface area contributed by atoms with Crippen molar-refractivity contribution in [1.82, 2.24) is 10.2 Å². The Morgan fingerprint density at radius 3 is 2.69 bits per heavy atom. The average Bonchev–Trinajstić information content (AvgIpc) is 2.47. The van der Waals surface area contributed by atoms with Gasteiger partial charge in [-0.05, 0) is 11.0 Å². The smallest absolute Gasteiger partial charge is 0.0527 e. The van der Waals surface area contributed by atoms with Crippen LogP contribution < -0.4 is 0 Å². The van der Waals surface area contributed by atoms with Crippen LogP contribution in [0.25, 0.3) is 0 Å². The van der Waals surface area contributed by atoms with Gasteiger partial charge in [-0.15, -0.1) is 0 Å². The van der Waals surface area contributed by atoms with Crippen LogP contribution in [0, 0.1) is 0 Å². The maximum absolute atomic E-state index is 5.04. The first-order chi connectivity index (χ1) is 6.05. The number of ether oxygens (including phenoxy) is 1. The predicted octanol–water partition coefficient (Wildman–Crippen LogP) is 1.90. The SMILES string of the molecule is COCCc1[nH]ncc1C(C)(C)C. The summed E-state index contributed by atoms with van der Waals surface area (Å²) in [7, 11) is 1.72. The molecule has 0 saturated carbocycles. The van der Waals surface area contributed by atoms with E-state index in [1.165, 1.54) is 11.3 Å². The molecule has 0 aliphatic carbocycles. The van der Waals surface area contributed by atoms with E-state index in [0.717, 1.165) is 13.0 Å². The fourth-order valence-electron chi connectivity index (χ4n) is 1.35. The summed E-state index contributed by atoms with van der Waals surface area (Å²) < 4.78 is 5.04. The van der Waals surface area contributed by atoms with Crippen LogP contribution in [0.3, 0.4) is 0 Å². The molecule has 1 aromatic heterocycles. The van der Waals surface area contributed by atoms with Gasteiger partial charge in [0.1, 0.15) is 0 Å². The molecule has 0 atom stereocenters. The van der Waals surface area contributed by atoms with Gasteiger partial charge in [-0.1, -0.05) is 20.8 Å². The molecule has 0 amide bonds. The van der Waals surface area contributed by atoms with Crippen molar-refractivity contribution in [3.63, 3.8) is 0 Å². The number of methoxy groups -OCH3 is 1. The summed E-state index contributed by atoms with van der Waals surface area (Å²) in [5, 5.41) is 7.08. The van der Waals surface area contributed by atoms with Crippen molar-refractivity contribution in [3.05, 3.63) is 17.5 Å². The Morgan fingerprint density at radius 1 is 1.46 bits per heavy atom. The lowest BCUT2D eigenvalue weighted by molar-refractivity contribution is 0.201. The molecule has 0 unspecified atom stereocenters. The Hall–Kier alpha value is -0.830. The van der Waals surface area contributed by atoms with Gasteiger partial charge < -0.3 is 4.74 Å². The zero-order valence-corrected chi connectivity index (χ0v) is 8.85. The number of H-pyrrole nitrogens is 1. The van der Waals surface area contributed by atoms with E-state index in [1.807, 2.05) is 6.20 Å². The molecule has 0 aromatic carbocycles. The average molecular weight is 182 g/mol. The van der Waals surface area contributed by atoms with E-state index in [4.69, 9.17) is 4.74 Å². The summed E-state index contributed by atoms with van der Waals surface area (Å²) in [4.78, 5) is 0. The van der Waals surface area contributed by atoms with Crippen molar-refractivity contribution in [1.29, 1.82) is 0 Å². The quantitative estimate of drug-likeness (QED) is 0.775. The van der Waals surface area contributed by atoms with Crippen LogP contribution in [0.5, 0.6) is 0 Å². The van der Waals surface area contributed by atoms with Gasteiger partial charge in [-0.25, -0.2) is 0 Å². The molecule has 0 saturated heterocycles. The monoisotopic (exact) mass is 182 g/mol. The Bertz CT molecular complexity index is 260. The van der Waals surface area contributed by atoms with Crippen LogP contribution in [0.1, 0.15) is 32.0 Å². The summed E-state index contributed by atoms with van der Waals surface area (Å²) in [6.07, 6.45) is 2.81. The Balaban J connectivity index is 2.77. The van der Waals surface area contributed by atoms with Crippen LogP contribution in [-0.2, 0) is 16.6 Å². The van der Waals surface area contributed by atoms with E-state index < -0.39 is 0 Å². The molecule has 0 spiro atoms. The van der Waals surface area contributed by atoms with E-state index in [9.17, 15) is 0 Å². The second-order valence-corrected chi connectivity index (χ2v) is 4.26. The number of aromatic amines is 1. The van der Waals surface area contributed by atoms with Gasteiger partial charge in [0, 0.05) is 19.2 Å². The van der Waals surface area contributed by atoms with Gasteiger partial charge in [0.05, 0.1) is 12.8 Å². The Kier molecular flexibility index (Phi) is 3.09. The van der Waals surface area contributed by atoms with E-state index >= 15 is 0 Å². The number of hydrogen-bond donors (Lipinski definition) is 1. The zero-order valence-electron chi connectivity index (χ0n) is 8.85. The van der Waals surface area contributed by atoms with Crippen molar-refractivity contribution >= 4 is 0 Å². The molecule has 13 heavy (non-hydrogen) atoms. The van der Waals surface area contributed by atoms with Gasteiger partial charge in [0.2, 0.25) is 0 Å². The van der Waals surface area contributed by atoms with Crippen molar-refractivity contribution < 1.29 is 4.74 Å². The van der Waals surface area contributed by atoms with Crippen molar-refractivity contribution in [3.8, 4) is 0 Å². The fraction of sp³-hybridized carbons (Fsp3) is 0.700. The number of nitrogens with one attached hydrogen (secondary N) is 1. The minimum absolute atomic E-state index is 0.163. The maximum Gasteiger partial charge on any atom is 0.0527 e. The van der Waals surface area contributed by atoms with E-state index in [-0.39, 0.29) is 5.41 Å². The third-order valence-corrected chi connectivity index (χ3v) is 2.08. The van der Waals surface area contributed by atoms with E-state index in [0.29, 0.717) is 0 Å². The van der Waals surface area contributed by atoms with E-state index in [1.54, 1.807) is 7.11 Å². The lowest BCUT2D eigenvalue weighted by Gasteiger charge is -2.18. The predicted molar refractivity (Wildman–Crippen MR) is 52.9 cm³/mol. The minimum Gasteiger partial charge on any atom is -0.384 e. The summed E-state index contributed by atoms with van der Waals surface area (Å²) in [6, 6.07) is 0. The highest BCUT2D eigenvalue weighted by atomic mass is 16.5. The number of rotatable bonds is 3. The molecule has 0 aliphatic rings. The molecule has 0 radical (unpaired) electrons. The van der Waals surface area contributed by atoms with Crippen LogP contribution >= 0.6 is 0 Å². The van der Waals surface area contributed by atoms with Gasteiger partial charge >= 0.3 is 0 Å². The van der Waals surface area contributed by atoms with Gasteiger partial charge in [-0.3, -0.25) is 5.10 Å². The standard InChI is InChI=1S/C10H18N2O/c1-10(2,3)8-7-11-12-9(8)5-6-13-4/h7H,5-6H2,1-4H3,(H,11,12). The molecule has 3 nitrogen and oxygen atoms in total. The molecule has 1 rings (SSSR count). The maximum atomic E-state index is 5.04. The van der Waals surface area contributed by atoms with Crippen molar-refractivity contribution in [2.24, 2.45) is 0 Å². The third kappa shape index (κ3) is 2.56. The molecule has 0 bridgehead atoms. The molecule has 0 fully saturated rings.